The Morgan fingerprint density at radius 1 is 1.05 bits per heavy atom. The number of nitrogens with one attached hydrogen (secondary N) is 1. The predicted molar refractivity (Wildman–Crippen MR) is 84.1 cm³/mol. The lowest BCUT2D eigenvalue weighted by Gasteiger charge is -2.24. The van der Waals surface area contributed by atoms with Gasteiger partial charge in [0.2, 0.25) is 0 Å². The van der Waals surface area contributed by atoms with Gasteiger partial charge in [0.25, 0.3) is 0 Å². The Bertz CT molecular complexity index is 570. The first-order chi connectivity index (χ1) is 9.63. The molecule has 2 aromatic rings. The van der Waals surface area contributed by atoms with E-state index in [4.69, 9.17) is 11.6 Å². The average Bonchev–Trinajstić information content (AvgIpc) is 2.46. The Morgan fingerprint density at radius 2 is 1.65 bits per heavy atom. The third-order valence-corrected chi connectivity index (χ3v) is 3.89. The monoisotopic (exact) mass is 289 g/mol. The molecule has 2 unspecified atom stereocenters. The molecule has 0 spiro atoms. The maximum absolute atomic E-state index is 9.98. The van der Waals surface area contributed by atoms with Crippen LogP contribution in [0.5, 0.6) is 5.75 Å². The molecule has 106 valence electrons. The molecule has 0 heterocycles. The Kier molecular flexibility index (Phi) is 5.05. The first kappa shape index (κ1) is 14.9. The van der Waals surface area contributed by atoms with Crippen molar-refractivity contribution in [3.8, 4) is 5.75 Å². The van der Waals surface area contributed by atoms with Crippen molar-refractivity contribution in [1.82, 2.24) is 5.32 Å². The summed E-state index contributed by atoms with van der Waals surface area (Å²) in [5.74, 6) is 0.332. The number of halogens is 1. The predicted octanol–water partition coefficient (Wildman–Crippen LogP) is 4.85. The molecule has 0 radical (unpaired) electrons. The highest BCUT2D eigenvalue weighted by atomic mass is 35.5. The summed E-state index contributed by atoms with van der Waals surface area (Å²) in [6.45, 7) is 4.19. The molecule has 0 saturated carbocycles. The molecule has 0 fully saturated rings. The molecule has 2 rings (SSSR count). The number of para-hydroxylation sites is 1. The van der Waals surface area contributed by atoms with E-state index in [0.717, 1.165) is 22.6 Å². The van der Waals surface area contributed by atoms with E-state index in [-0.39, 0.29) is 12.1 Å². The zero-order valence-corrected chi connectivity index (χ0v) is 12.6. The Balaban J connectivity index is 2.19. The maximum Gasteiger partial charge on any atom is 0.120 e. The molecular formula is C17H20ClNO. The van der Waals surface area contributed by atoms with Gasteiger partial charge in [0.15, 0.2) is 0 Å². The van der Waals surface area contributed by atoms with Crippen molar-refractivity contribution in [3.63, 3.8) is 0 Å². The van der Waals surface area contributed by atoms with Crippen LogP contribution in [0.15, 0.2) is 48.5 Å². The Labute approximate surface area is 125 Å². The van der Waals surface area contributed by atoms with Crippen LogP contribution in [0.2, 0.25) is 5.02 Å². The SMILES string of the molecule is CCC(NC(C)c1ccccc1Cl)c1ccccc1O. The van der Waals surface area contributed by atoms with Gasteiger partial charge in [0, 0.05) is 22.7 Å². The van der Waals surface area contributed by atoms with Crippen LogP contribution in [0.4, 0.5) is 0 Å². The fourth-order valence-electron chi connectivity index (χ4n) is 2.43. The zero-order valence-electron chi connectivity index (χ0n) is 11.8. The second kappa shape index (κ2) is 6.78. The van der Waals surface area contributed by atoms with E-state index in [0.29, 0.717) is 5.75 Å². The molecule has 0 aromatic heterocycles. The van der Waals surface area contributed by atoms with E-state index in [1.807, 2.05) is 42.5 Å². The van der Waals surface area contributed by atoms with E-state index in [1.165, 1.54) is 0 Å². The van der Waals surface area contributed by atoms with Gasteiger partial charge >= 0.3 is 0 Å². The molecule has 2 atom stereocenters. The van der Waals surface area contributed by atoms with Crippen molar-refractivity contribution in [1.29, 1.82) is 0 Å². The molecule has 0 aliphatic carbocycles. The lowest BCUT2D eigenvalue weighted by atomic mass is 10.0. The van der Waals surface area contributed by atoms with Gasteiger partial charge in [-0.2, -0.15) is 0 Å². The van der Waals surface area contributed by atoms with Crippen LogP contribution in [0.25, 0.3) is 0 Å². The molecule has 2 nitrogen and oxygen atoms in total. The quantitative estimate of drug-likeness (QED) is 0.825. The second-order valence-corrected chi connectivity index (χ2v) is 5.34. The smallest absolute Gasteiger partial charge is 0.120 e. The summed E-state index contributed by atoms with van der Waals surface area (Å²) in [5.41, 5.74) is 2.00. The van der Waals surface area contributed by atoms with Crippen LogP contribution in [0.1, 0.15) is 43.5 Å². The molecular weight excluding hydrogens is 270 g/mol. The summed E-state index contributed by atoms with van der Waals surface area (Å²) in [4.78, 5) is 0. The van der Waals surface area contributed by atoms with Gasteiger partial charge < -0.3 is 10.4 Å². The van der Waals surface area contributed by atoms with Gasteiger partial charge in [-0.15, -0.1) is 0 Å². The molecule has 20 heavy (non-hydrogen) atoms. The van der Waals surface area contributed by atoms with E-state index < -0.39 is 0 Å². The highest BCUT2D eigenvalue weighted by molar-refractivity contribution is 6.31. The summed E-state index contributed by atoms with van der Waals surface area (Å²) in [5, 5.41) is 14.3. The van der Waals surface area contributed by atoms with E-state index in [1.54, 1.807) is 6.07 Å². The molecule has 0 aliphatic heterocycles. The highest BCUT2D eigenvalue weighted by Gasteiger charge is 2.17. The number of phenolic OH excluding ortho intramolecular Hbond substituents is 1. The maximum atomic E-state index is 9.98. The molecule has 0 saturated heterocycles. The number of aromatic hydroxyl groups is 1. The van der Waals surface area contributed by atoms with Crippen molar-refractivity contribution in [2.24, 2.45) is 0 Å². The Hall–Kier alpha value is -1.51. The minimum Gasteiger partial charge on any atom is -0.508 e. The minimum absolute atomic E-state index is 0.0995. The fourth-order valence-corrected chi connectivity index (χ4v) is 2.73. The van der Waals surface area contributed by atoms with Crippen LogP contribution in [-0.2, 0) is 0 Å². The molecule has 3 heteroatoms. The zero-order chi connectivity index (χ0) is 14.5. The molecule has 2 N–H and O–H groups in total. The summed E-state index contributed by atoms with van der Waals surface area (Å²) in [6.07, 6.45) is 0.895. The molecule has 0 aliphatic rings. The summed E-state index contributed by atoms with van der Waals surface area (Å²) in [7, 11) is 0. The average molecular weight is 290 g/mol. The molecule has 0 bridgehead atoms. The lowest BCUT2D eigenvalue weighted by molar-refractivity contribution is 0.419. The van der Waals surface area contributed by atoms with Crippen molar-refractivity contribution in [3.05, 3.63) is 64.7 Å². The van der Waals surface area contributed by atoms with Gasteiger partial charge in [-0.25, -0.2) is 0 Å². The third kappa shape index (κ3) is 3.33. The van der Waals surface area contributed by atoms with E-state index in [2.05, 4.69) is 19.2 Å². The van der Waals surface area contributed by atoms with Crippen LogP contribution in [-0.4, -0.2) is 5.11 Å². The Morgan fingerprint density at radius 3 is 2.25 bits per heavy atom. The van der Waals surface area contributed by atoms with Gasteiger partial charge in [0.05, 0.1) is 0 Å². The molecule has 0 amide bonds. The van der Waals surface area contributed by atoms with Gasteiger partial charge in [-0.05, 0) is 31.0 Å². The van der Waals surface area contributed by atoms with Crippen molar-refractivity contribution < 1.29 is 5.11 Å². The van der Waals surface area contributed by atoms with Crippen molar-refractivity contribution in [2.75, 3.05) is 0 Å². The number of benzene rings is 2. The summed E-state index contributed by atoms with van der Waals surface area (Å²) < 4.78 is 0. The standard InChI is InChI=1S/C17H20ClNO/c1-3-16(14-9-5-7-11-17(14)20)19-12(2)13-8-4-6-10-15(13)18/h4-12,16,19-20H,3H2,1-2H3. The minimum atomic E-state index is 0.0995. The van der Waals surface area contributed by atoms with Gasteiger partial charge in [-0.3, -0.25) is 0 Å². The van der Waals surface area contributed by atoms with Crippen molar-refractivity contribution >= 4 is 11.6 Å². The largest absolute Gasteiger partial charge is 0.508 e. The number of rotatable bonds is 5. The van der Waals surface area contributed by atoms with E-state index in [9.17, 15) is 5.11 Å². The van der Waals surface area contributed by atoms with Crippen LogP contribution >= 0.6 is 11.6 Å². The van der Waals surface area contributed by atoms with Crippen LogP contribution < -0.4 is 5.32 Å². The lowest BCUT2D eigenvalue weighted by Crippen LogP contribution is -2.24. The normalized spacial score (nSPS) is 13.9. The topological polar surface area (TPSA) is 32.3 Å². The van der Waals surface area contributed by atoms with Gasteiger partial charge in [0.1, 0.15) is 5.75 Å². The van der Waals surface area contributed by atoms with Gasteiger partial charge in [-0.1, -0.05) is 54.9 Å². The van der Waals surface area contributed by atoms with Crippen LogP contribution in [0, 0.1) is 0 Å². The number of hydrogen-bond donors (Lipinski definition) is 2. The summed E-state index contributed by atoms with van der Waals surface area (Å²) >= 11 is 6.23. The van der Waals surface area contributed by atoms with Crippen LogP contribution in [0.3, 0.4) is 0 Å². The second-order valence-electron chi connectivity index (χ2n) is 4.93. The highest BCUT2D eigenvalue weighted by Crippen LogP contribution is 2.30. The fraction of sp³-hybridized carbons (Fsp3) is 0.294. The number of hydrogen-bond acceptors (Lipinski definition) is 2. The first-order valence-electron chi connectivity index (χ1n) is 6.91. The third-order valence-electron chi connectivity index (χ3n) is 3.54. The van der Waals surface area contributed by atoms with E-state index >= 15 is 0 Å². The van der Waals surface area contributed by atoms with Crippen molar-refractivity contribution in [2.45, 2.75) is 32.4 Å². The summed E-state index contributed by atoms with van der Waals surface area (Å²) in [6, 6.07) is 15.5. The first-order valence-corrected chi connectivity index (χ1v) is 7.29. The number of phenols is 1. The molecule has 2 aromatic carbocycles.